The van der Waals surface area contributed by atoms with Crippen LogP contribution >= 0.6 is 0 Å². The van der Waals surface area contributed by atoms with Crippen molar-refractivity contribution in [1.82, 2.24) is 25.6 Å². The van der Waals surface area contributed by atoms with Gasteiger partial charge in [0.25, 0.3) is 0 Å². The van der Waals surface area contributed by atoms with Crippen molar-refractivity contribution in [2.75, 3.05) is 12.0 Å². The van der Waals surface area contributed by atoms with E-state index < -0.39 is 0 Å². The summed E-state index contributed by atoms with van der Waals surface area (Å²) in [4.78, 5) is 19.4. The van der Waals surface area contributed by atoms with Crippen LogP contribution in [0.15, 0.2) is 54.6 Å². The third kappa shape index (κ3) is 4.80. The number of aromatic amines is 1. The van der Waals surface area contributed by atoms with E-state index in [1.54, 1.807) is 12.0 Å². The number of anilines is 1. The van der Waals surface area contributed by atoms with Gasteiger partial charge in [0.15, 0.2) is 5.75 Å². The molecule has 0 saturated heterocycles. The van der Waals surface area contributed by atoms with Gasteiger partial charge in [-0.1, -0.05) is 55.5 Å². The van der Waals surface area contributed by atoms with Crippen molar-refractivity contribution in [3.63, 3.8) is 0 Å². The van der Waals surface area contributed by atoms with Gasteiger partial charge in [-0.2, -0.15) is 5.21 Å². The van der Waals surface area contributed by atoms with Gasteiger partial charge in [-0.05, 0) is 48.2 Å². The van der Waals surface area contributed by atoms with Gasteiger partial charge in [0, 0.05) is 17.7 Å². The molecule has 0 spiro atoms. The van der Waals surface area contributed by atoms with E-state index in [1.807, 2.05) is 63.2 Å². The Balaban J connectivity index is 1.67. The normalized spacial score (nSPS) is 10.8. The Hall–Kier alpha value is -4.07. The number of methoxy groups -OCH3 is 1. The highest BCUT2D eigenvalue weighted by atomic mass is 16.5. The van der Waals surface area contributed by atoms with Crippen molar-refractivity contribution in [3.8, 4) is 28.3 Å². The van der Waals surface area contributed by atoms with Crippen LogP contribution in [-0.4, -0.2) is 38.6 Å². The molecule has 0 aliphatic carbocycles. The molecule has 8 heteroatoms. The average Bonchev–Trinajstić information content (AvgIpc) is 3.37. The number of pyridine rings is 1. The van der Waals surface area contributed by atoms with Crippen LogP contribution in [0.3, 0.4) is 0 Å². The molecule has 2 heterocycles. The van der Waals surface area contributed by atoms with E-state index in [1.165, 1.54) is 0 Å². The van der Waals surface area contributed by atoms with Crippen molar-refractivity contribution in [3.05, 3.63) is 71.5 Å². The van der Waals surface area contributed by atoms with E-state index in [0.717, 1.165) is 45.7 Å². The van der Waals surface area contributed by atoms with E-state index in [0.29, 0.717) is 24.5 Å². The predicted octanol–water partition coefficient (Wildman–Crippen LogP) is 4.89. The summed E-state index contributed by atoms with van der Waals surface area (Å²) in [5.41, 5.74) is 6.31. The molecule has 0 unspecified atom stereocenters. The maximum atomic E-state index is 13.1. The summed E-state index contributed by atoms with van der Waals surface area (Å²) < 4.78 is 5.63. The molecule has 0 aliphatic heterocycles. The molecule has 2 aromatic heterocycles. The minimum Gasteiger partial charge on any atom is -0.493 e. The minimum absolute atomic E-state index is 0.0531. The largest absolute Gasteiger partial charge is 0.493 e. The van der Waals surface area contributed by atoms with Crippen molar-refractivity contribution in [2.24, 2.45) is 0 Å². The van der Waals surface area contributed by atoms with Gasteiger partial charge < -0.3 is 9.64 Å². The fourth-order valence-electron chi connectivity index (χ4n) is 4.08. The fourth-order valence-corrected chi connectivity index (χ4v) is 4.08. The molecule has 0 radical (unpaired) electrons. The zero-order valence-corrected chi connectivity index (χ0v) is 19.9. The zero-order chi connectivity index (χ0) is 24.1. The Morgan fingerprint density at radius 3 is 2.44 bits per heavy atom. The summed E-state index contributed by atoms with van der Waals surface area (Å²) in [7, 11) is 1.61. The van der Waals surface area contributed by atoms with Crippen LogP contribution < -0.4 is 9.64 Å². The van der Waals surface area contributed by atoms with Crippen LogP contribution in [0.1, 0.15) is 36.7 Å². The van der Waals surface area contributed by atoms with Crippen molar-refractivity contribution in [1.29, 1.82) is 0 Å². The Bertz CT molecular complexity index is 1270. The van der Waals surface area contributed by atoms with E-state index in [9.17, 15) is 4.79 Å². The molecule has 0 saturated carbocycles. The first kappa shape index (κ1) is 23.1. The van der Waals surface area contributed by atoms with E-state index in [4.69, 9.17) is 4.74 Å². The molecule has 4 aromatic rings. The van der Waals surface area contributed by atoms with Crippen molar-refractivity contribution < 1.29 is 9.53 Å². The maximum absolute atomic E-state index is 13.1. The monoisotopic (exact) mass is 456 g/mol. The minimum atomic E-state index is 0.0531. The van der Waals surface area contributed by atoms with Gasteiger partial charge in [0.2, 0.25) is 11.7 Å². The first-order chi connectivity index (χ1) is 16.5. The first-order valence-corrected chi connectivity index (χ1v) is 11.3. The highest BCUT2D eigenvalue weighted by molar-refractivity contribution is 5.95. The molecular formula is C26H28N6O2. The lowest BCUT2D eigenvalue weighted by atomic mass is 9.98. The SMILES string of the molecule is CCCC(=O)N(Cc1ccc(-c2ccccc2-c2nn[nH]n2)cc1)c1cc(C)nc(C)c1OC. The number of tetrazole rings is 1. The van der Waals surface area contributed by atoms with E-state index in [2.05, 4.69) is 37.7 Å². The number of carbonyl (C=O) groups excluding carboxylic acids is 1. The summed E-state index contributed by atoms with van der Waals surface area (Å²) in [6.07, 6.45) is 1.23. The standard InChI is InChI=1S/C26H28N6O2/c1-5-8-24(33)32(23-15-17(2)27-18(3)25(23)34-4)16-19-11-13-20(14-12-19)21-9-6-7-10-22(21)26-28-30-31-29-26/h6-7,9-15H,5,8,16H2,1-4H3,(H,28,29,30,31). The lowest BCUT2D eigenvalue weighted by molar-refractivity contribution is -0.118. The third-order valence-corrected chi connectivity index (χ3v) is 5.63. The van der Waals surface area contributed by atoms with Gasteiger partial charge in [0.1, 0.15) is 0 Å². The Morgan fingerprint density at radius 2 is 1.79 bits per heavy atom. The van der Waals surface area contributed by atoms with Crippen LogP contribution in [0, 0.1) is 13.8 Å². The van der Waals surface area contributed by atoms with Crippen LogP contribution in [0.5, 0.6) is 5.75 Å². The second-order valence-electron chi connectivity index (χ2n) is 8.11. The summed E-state index contributed by atoms with van der Waals surface area (Å²) in [5.74, 6) is 1.23. The molecule has 1 amide bonds. The molecule has 0 aliphatic rings. The van der Waals surface area contributed by atoms with Gasteiger partial charge in [-0.3, -0.25) is 9.78 Å². The van der Waals surface area contributed by atoms with Gasteiger partial charge in [0.05, 0.1) is 25.0 Å². The molecule has 2 aromatic carbocycles. The number of rotatable bonds is 8. The molecule has 0 bridgehead atoms. The molecular weight excluding hydrogens is 428 g/mol. The van der Waals surface area contributed by atoms with Crippen molar-refractivity contribution in [2.45, 2.75) is 40.2 Å². The molecule has 34 heavy (non-hydrogen) atoms. The predicted molar refractivity (Wildman–Crippen MR) is 131 cm³/mol. The van der Waals surface area contributed by atoms with Gasteiger partial charge in [-0.15, -0.1) is 10.2 Å². The number of carbonyl (C=O) groups is 1. The molecule has 1 N–H and O–H groups in total. The van der Waals surface area contributed by atoms with Crippen molar-refractivity contribution >= 4 is 11.6 Å². The van der Waals surface area contributed by atoms with Crippen LogP contribution in [0.2, 0.25) is 0 Å². The van der Waals surface area contributed by atoms with Crippen LogP contribution in [-0.2, 0) is 11.3 Å². The summed E-state index contributed by atoms with van der Waals surface area (Å²) >= 11 is 0. The molecule has 8 nitrogen and oxygen atoms in total. The highest BCUT2D eigenvalue weighted by Gasteiger charge is 2.22. The van der Waals surface area contributed by atoms with Gasteiger partial charge in [-0.25, -0.2) is 0 Å². The number of amides is 1. The Kier molecular flexibility index (Phi) is 6.96. The summed E-state index contributed by atoms with van der Waals surface area (Å²) in [6.45, 7) is 6.26. The lowest BCUT2D eigenvalue weighted by Gasteiger charge is -2.26. The third-order valence-electron chi connectivity index (χ3n) is 5.63. The first-order valence-electron chi connectivity index (χ1n) is 11.3. The molecule has 4 rings (SSSR count). The molecule has 174 valence electrons. The van der Waals surface area contributed by atoms with Crippen LogP contribution in [0.4, 0.5) is 5.69 Å². The number of hydrogen-bond acceptors (Lipinski definition) is 6. The lowest BCUT2D eigenvalue weighted by Crippen LogP contribution is -2.30. The van der Waals surface area contributed by atoms with Crippen LogP contribution in [0.25, 0.3) is 22.5 Å². The second kappa shape index (κ2) is 10.2. The highest BCUT2D eigenvalue weighted by Crippen LogP contribution is 2.34. The number of hydrogen-bond donors (Lipinski definition) is 1. The van der Waals surface area contributed by atoms with E-state index in [-0.39, 0.29) is 5.91 Å². The number of ether oxygens (including phenoxy) is 1. The topological polar surface area (TPSA) is 96.9 Å². The summed E-state index contributed by atoms with van der Waals surface area (Å²) in [6, 6.07) is 18.0. The number of aryl methyl sites for hydroxylation is 2. The Morgan fingerprint density at radius 1 is 1.06 bits per heavy atom. The van der Waals surface area contributed by atoms with Gasteiger partial charge >= 0.3 is 0 Å². The number of nitrogens with zero attached hydrogens (tertiary/aromatic N) is 5. The van der Waals surface area contributed by atoms with E-state index >= 15 is 0 Å². The molecule has 0 atom stereocenters. The smallest absolute Gasteiger partial charge is 0.227 e. The second-order valence-corrected chi connectivity index (χ2v) is 8.11. The summed E-state index contributed by atoms with van der Waals surface area (Å²) in [5, 5.41) is 14.4. The quantitative estimate of drug-likeness (QED) is 0.406. The number of H-pyrrole nitrogens is 1. The fraction of sp³-hybridized carbons (Fsp3) is 0.269. The zero-order valence-electron chi connectivity index (χ0n) is 19.9. The number of benzene rings is 2. The maximum Gasteiger partial charge on any atom is 0.227 e. The Labute approximate surface area is 199 Å². The number of nitrogens with one attached hydrogen (secondary N) is 1. The number of aromatic nitrogens is 5. The molecule has 0 fully saturated rings. The average molecular weight is 457 g/mol.